The molecule has 0 aromatic carbocycles. The number of hydrogen-bond acceptors (Lipinski definition) is 3. The average molecular weight is 289 g/mol. The summed E-state index contributed by atoms with van der Waals surface area (Å²) in [5, 5.41) is 4.44. The Bertz CT molecular complexity index is 294. The van der Waals surface area contributed by atoms with Crippen molar-refractivity contribution in [1.29, 1.82) is 0 Å². The van der Waals surface area contributed by atoms with E-state index in [0.717, 1.165) is 28.3 Å². The van der Waals surface area contributed by atoms with Crippen LogP contribution in [0.4, 0.5) is 0 Å². The van der Waals surface area contributed by atoms with E-state index in [1.807, 2.05) is 30.1 Å². The highest BCUT2D eigenvalue weighted by Crippen LogP contribution is 2.25. The lowest BCUT2D eigenvalue weighted by atomic mass is 10.2. The molecule has 0 fully saturated rings. The van der Waals surface area contributed by atoms with E-state index < -0.39 is 0 Å². The van der Waals surface area contributed by atoms with Gasteiger partial charge in [0, 0.05) is 16.4 Å². The monoisotopic (exact) mass is 288 g/mol. The first-order chi connectivity index (χ1) is 7.24. The standard InChI is InChI=1S/C11H17BrN2S/c1-3-13-7-9(2)8-15-11-10(12)5-4-6-14-11/h4-6,9,13H,3,7-8H2,1-2H3. The molecule has 1 heterocycles. The van der Waals surface area contributed by atoms with Crippen LogP contribution in [0.1, 0.15) is 13.8 Å². The van der Waals surface area contributed by atoms with Crippen molar-refractivity contribution in [2.45, 2.75) is 18.9 Å². The van der Waals surface area contributed by atoms with Crippen molar-refractivity contribution in [3.8, 4) is 0 Å². The second kappa shape index (κ2) is 7.25. The third-order valence-corrected chi connectivity index (χ3v) is 4.21. The van der Waals surface area contributed by atoms with Gasteiger partial charge in [-0.1, -0.05) is 13.8 Å². The molecule has 0 aliphatic heterocycles. The van der Waals surface area contributed by atoms with Crippen LogP contribution in [0.15, 0.2) is 27.8 Å². The van der Waals surface area contributed by atoms with Crippen LogP contribution in [0.25, 0.3) is 0 Å². The smallest absolute Gasteiger partial charge is 0.110 e. The van der Waals surface area contributed by atoms with E-state index in [2.05, 4.69) is 40.1 Å². The van der Waals surface area contributed by atoms with Crippen LogP contribution >= 0.6 is 27.7 Å². The molecular weight excluding hydrogens is 272 g/mol. The summed E-state index contributed by atoms with van der Waals surface area (Å²) in [6.45, 7) is 6.51. The molecule has 0 amide bonds. The zero-order valence-corrected chi connectivity index (χ0v) is 11.6. The minimum absolute atomic E-state index is 0.670. The molecule has 1 rings (SSSR count). The van der Waals surface area contributed by atoms with Gasteiger partial charge in [-0.05, 0) is 47.1 Å². The maximum atomic E-state index is 4.33. The molecule has 0 saturated carbocycles. The molecule has 2 nitrogen and oxygen atoms in total. The molecule has 0 bridgehead atoms. The first-order valence-electron chi connectivity index (χ1n) is 5.18. The molecular formula is C11H17BrN2S. The van der Waals surface area contributed by atoms with Crippen molar-refractivity contribution in [3.63, 3.8) is 0 Å². The van der Waals surface area contributed by atoms with Gasteiger partial charge < -0.3 is 5.32 Å². The first kappa shape index (κ1) is 13.0. The quantitative estimate of drug-likeness (QED) is 0.814. The van der Waals surface area contributed by atoms with Gasteiger partial charge in [-0.15, -0.1) is 11.8 Å². The highest BCUT2D eigenvalue weighted by atomic mass is 79.9. The Morgan fingerprint density at radius 1 is 1.60 bits per heavy atom. The van der Waals surface area contributed by atoms with Gasteiger partial charge in [0.1, 0.15) is 5.03 Å². The van der Waals surface area contributed by atoms with Gasteiger partial charge in [-0.2, -0.15) is 0 Å². The Kier molecular flexibility index (Phi) is 6.29. The summed E-state index contributed by atoms with van der Waals surface area (Å²) in [4.78, 5) is 4.33. The molecule has 0 aliphatic carbocycles. The number of nitrogens with zero attached hydrogens (tertiary/aromatic N) is 1. The number of thioether (sulfide) groups is 1. The largest absolute Gasteiger partial charge is 0.317 e. The van der Waals surface area contributed by atoms with E-state index in [0.29, 0.717) is 5.92 Å². The Balaban J connectivity index is 2.33. The molecule has 0 spiro atoms. The fraction of sp³-hybridized carbons (Fsp3) is 0.545. The molecule has 1 unspecified atom stereocenters. The van der Waals surface area contributed by atoms with Gasteiger partial charge in [-0.25, -0.2) is 4.98 Å². The van der Waals surface area contributed by atoms with Crippen molar-refractivity contribution < 1.29 is 0 Å². The van der Waals surface area contributed by atoms with Crippen LogP contribution < -0.4 is 5.32 Å². The summed E-state index contributed by atoms with van der Waals surface area (Å²) in [5.41, 5.74) is 0. The SMILES string of the molecule is CCNCC(C)CSc1ncccc1Br. The zero-order valence-electron chi connectivity index (χ0n) is 9.16. The van der Waals surface area contributed by atoms with Crippen LogP contribution in [0.2, 0.25) is 0 Å². The summed E-state index contributed by atoms with van der Waals surface area (Å²) in [6, 6.07) is 3.97. The number of halogens is 1. The maximum Gasteiger partial charge on any atom is 0.110 e. The Hall–Kier alpha value is -0.0600. The van der Waals surface area contributed by atoms with Crippen molar-refractivity contribution in [2.75, 3.05) is 18.8 Å². The van der Waals surface area contributed by atoms with Gasteiger partial charge in [-0.3, -0.25) is 0 Å². The van der Waals surface area contributed by atoms with Crippen molar-refractivity contribution in [1.82, 2.24) is 10.3 Å². The van der Waals surface area contributed by atoms with Gasteiger partial charge in [0.15, 0.2) is 0 Å². The minimum Gasteiger partial charge on any atom is -0.317 e. The van der Waals surface area contributed by atoms with Crippen molar-refractivity contribution in [3.05, 3.63) is 22.8 Å². The van der Waals surface area contributed by atoms with E-state index in [4.69, 9.17) is 0 Å². The molecule has 0 radical (unpaired) electrons. The van der Waals surface area contributed by atoms with E-state index in [9.17, 15) is 0 Å². The predicted octanol–water partition coefficient (Wildman–Crippen LogP) is 3.18. The normalized spacial score (nSPS) is 12.7. The van der Waals surface area contributed by atoms with Gasteiger partial charge in [0.25, 0.3) is 0 Å². The number of aromatic nitrogens is 1. The predicted molar refractivity (Wildman–Crippen MR) is 70.4 cm³/mol. The van der Waals surface area contributed by atoms with Crippen LogP contribution in [0.3, 0.4) is 0 Å². The molecule has 4 heteroatoms. The summed E-state index contributed by atoms with van der Waals surface area (Å²) in [6.07, 6.45) is 1.84. The first-order valence-corrected chi connectivity index (χ1v) is 6.96. The number of pyridine rings is 1. The fourth-order valence-corrected chi connectivity index (χ4v) is 2.65. The number of hydrogen-bond donors (Lipinski definition) is 1. The second-order valence-corrected chi connectivity index (χ2v) is 5.38. The number of nitrogens with one attached hydrogen (secondary N) is 1. The van der Waals surface area contributed by atoms with Gasteiger partial charge >= 0.3 is 0 Å². The summed E-state index contributed by atoms with van der Waals surface area (Å²) in [7, 11) is 0. The van der Waals surface area contributed by atoms with E-state index >= 15 is 0 Å². The molecule has 1 atom stereocenters. The molecule has 0 saturated heterocycles. The topological polar surface area (TPSA) is 24.9 Å². The molecule has 1 aromatic rings. The van der Waals surface area contributed by atoms with Crippen molar-refractivity contribution >= 4 is 27.7 Å². The van der Waals surface area contributed by atoms with Gasteiger partial charge in [0.2, 0.25) is 0 Å². The summed E-state index contributed by atoms with van der Waals surface area (Å²) >= 11 is 5.31. The maximum absolute atomic E-state index is 4.33. The molecule has 0 aliphatic rings. The fourth-order valence-electron chi connectivity index (χ4n) is 1.15. The van der Waals surface area contributed by atoms with Crippen LogP contribution in [0.5, 0.6) is 0 Å². The van der Waals surface area contributed by atoms with Crippen LogP contribution in [-0.2, 0) is 0 Å². The molecule has 84 valence electrons. The molecule has 1 aromatic heterocycles. The van der Waals surface area contributed by atoms with E-state index in [1.54, 1.807) is 0 Å². The van der Waals surface area contributed by atoms with Gasteiger partial charge in [0.05, 0.1) is 0 Å². The summed E-state index contributed by atoms with van der Waals surface area (Å²) in [5.74, 6) is 1.77. The van der Waals surface area contributed by atoms with E-state index in [-0.39, 0.29) is 0 Å². The Labute approximate surface area is 104 Å². The molecule has 15 heavy (non-hydrogen) atoms. The Morgan fingerprint density at radius 2 is 2.40 bits per heavy atom. The lowest BCUT2D eigenvalue weighted by Crippen LogP contribution is -2.21. The lowest BCUT2D eigenvalue weighted by molar-refractivity contribution is 0.573. The van der Waals surface area contributed by atoms with E-state index in [1.165, 1.54) is 0 Å². The second-order valence-electron chi connectivity index (χ2n) is 3.51. The highest BCUT2D eigenvalue weighted by Gasteiger charge is 2.05. The van der Waals surface area contributed by atoms with Crippen LogP contribution in [0, 0.1) is 5.92 Å². The molecule has 1 N–H and O–H groups in total. The third kappa shape index (κ3) is 5.00. The minimum atomic E-state index is 0.670. The Morgan fingerprint density at radius 3 is 3.07 bits per heavy atom. The highest BCUT2D eigenvalue weighted by molar-refractivity contribution is 9.10. The lowest BCUT2D eigenvalue weighted by Gasteiger charge is -2.11. The number of rotatable bonds is 6. The van der Waals surface area contributed by atoms with Crippen LogP contribution in [-0.4, -0.2) is 23.8 Å². The third-order valence-electron chi connectivity index (χ3n) is 1.97. The zero-order chi connectivity index (χ0) is 11.1. The van der Waals surface area contributed by atoms with Crippen molar-refractivity contribution in [2.24, 2.45) is 5.92 Å². The summed E-state index contributed by atoms with van der Waals surface area (Å²) < 4.78 is 1.09. The average Bonchev–Trinajstić information content (AvgIpc) is 2.25.